The number of hydrogen-bond acceptors (Lipinski definition) is 4. The smallest absolute Gasteiger partial charge is 0.191 e. The van der Waals surface area contributed by atoms with Crippen molar-refractivity contribution in [2.45, 2.75) is 25.5 Å². The summed E-state index contributed by atoms with van der Waals surface area (Å²) in [6, 6.07) is 7.87. The standard InChI is InChI=1S/C15H19N3OS/c1-5-18-14(12-6-8-13(19-4)9-7-12)16-17-15(18)20-10-11(2)3/h6-9H,2,5,10H2,1,3-4H3. The second-order valence-electron chi connectivity index (χ2n) is 4.52. The van der Waals surface area contributed by atoms with Crippen molar-refractivity contribution in [3.8, 4) is 17.1 Å². The zero-order chi connectivity index (χ0) is 14.5. The topological polar surface area (TPSA) is 39.9 Å². The van der Waals surface area contributed by atoms with Crippen molar-refractivity contribution in [3.05, 3.63) is 36.4 Å². The van der Waals surface area contributed by atoms with E-state index in [1.54, 1.807) is 18.9 Å². The predicted octanol–water partition coefficient (Wildman–Crippen LogP) is 3.64. The number of benzene rings is 1. The van der Waals surface area contributed by atoms with Crippen LogP contribution < -0.4 is 4.74 Å². The van der Waals surface area contributed by atoms with Crippen LogP contribution in [0, 0.1) is 0 Å². The fourth-order valence-corrected chi connectivity index (χ4v) is 2.67. The molecular formula is C15H19N3OS. The van der Waals surface area contributed by atoms with Crippen LogP contribution in [0.25, 0.3) is 11.4 Å². The van der Waals surface area contributed by atoms with E-state index in [2.05, 4.69) is 28.3 Å². The molecule has 0 aliphatic carbocycles. The number of hydrogen-bond donors (Lipinski definition) is 0. The number of ether oxygens (including phenoxy) is 1. The second-order valence-corrected chi connectivity index (χ2v) is 5.47. The van der Waals surface area contributed by atoms with Gasteiger partial charge in [0.25, 0.3) is 0 Å². The summed E-state index contributed by atoms with van der Waals surface area (Å²) in [6.07, 6.45) is 0. The van der Waals surface area contributed by atoms with Gasteiger partial charge in [0.15, 0.2) is 11.0 Å². The molecule has 20 heavy (non-hydrogen) atoms. The van der Waals surface area contributed by atoms with Crippen molar-refractivity contribution < 1.29 is 4.74 Å². The van der Waals surface area contributed by atoms with Crippen LogP contribution in [0.2, 0.25) is 0 Å². The Morgan fingerprint density at radius 2 is 2.00 bits per heavy atom. The van der Waals surface area contributed by atoms with Gasteiger partial charge in [-0.1, -0.05) is 23.9 Å². The molecule has 0 unspecified atom stereocenters. The van der Waals surface area contributed by atoms with E-state index in [1.165, 1.54) is 0 Å². The predicted molar refractivity (Wildman–Crippen MR) is 83.2 cm³/mol. The molecule has 1 aromatic heterocycles. The summed E-state index contributed by atoms with van der Waals surface area (Å²) < 4.78 is 7.30. The number of rotatable bonds is 6. The van der Waals surface area contributed by atoms with Gasteiger partial charge in [-0.15, -0.1) is 10.2 Å². The molecule has 106 valence electrons. The van der Waals surface area contributed by atoms with Crippen molar-refractivity contribution in [1.29, 1.82) is 0 Å². The van der Waals surface area contributed by atoms with Crippen LogP contribution in [0.5, 0.6) is 5.75 Å². The first-order valence-electron chi connectivity index (χ1n) is 6.50. The Morgan fingerprint density at radius 1 is 1.30 bits per heavy atom. The van der Waals surface area contributed by atoms with Crippen molar-refractivity contribution in [3.63, 3.8) is 0 Å². The second kappa shape index (κ2) is 6.61. The lowest BCUT2D eigenvalue weighted by Gasteiger charge is -2.07. The molecule has 1 aromatic carbocycles. The van der Waals surface area contributed by atoms with Gasteiger partial charge >= 0.3 is 0 Å². The molecule has 2 rings (SSSR count). The minimum Gasteiger partial charge on any atom is -0.497 e. The molecule has 0 saturated carbocycles. The van der Waals surface area contributed by atoms with Gasteiger partial charge in [0.2, 0.25) is 0 Å². The van der Waals surface area contributed by atoms with Gasteiger partial charge in [-0.25, -0.2) is 0 Å². The molecule has 5 heteroatoms. The van der Waals surface area contributed by atoms with Crippen molar-refractivity contribution in [1.82, 2.24) is 14.8 Å². The molecule has 2 aromatic rings. The van der Waals surface area contributed by atoms with E-state index in [0.29, 0.717) is 0 Å². The molecule has 0 N–H and O–H groups in total. The Bertz CT molecular complexity index is 590. The molecular weight excluding hydrogens is 270 g/mol. The number of thioether (sulfide) groups is 1. The fourth-order valence-electron chi connectivity index (χ4n) is 1.82. The molecule has 0 spiro atoms. The quantitative estimate of drug-likeness (QED) is 0.601. The lowest BCUT2D eigenvalue weighted by Crippen LogP contribution is -2.00. The SMILES string of the molecule is C=C(C)CSc1nnc(-c2ccc(OC)cc2)n1CC. The first kappa shape index (κ1) is 14.7. The summed E-state index contributed by atoms with van der Waals surface area (Å²) in [7, 11) is 1.66. The van der Waals surface area contributed by atoms with Crippen LogP contribution in [0.1, 0.15) is 13.8 Å². The van der Waals surface area contributed by atoms with E-state index >= 15 is 0 Å². The summed E-state index contributed by atoms with van der Waals surface area (Å²) in [5.74, 6) is 2.59. The minimum atomic E-state index is 0.840. The van der Waals surface area contributed by atoms with Gasteiger partial charge in [0.05, 0.1) is 7.11 Å². The van der Waals surface area contributed by atoms with Crippen molar-refractivity contribution >= 4 is 11.8 Å². The third-order valence-corrected chi connectivity index (χ3v) is 4.03. The van der Waals surface area contributed by atoms with E-state index in [4.69, 9.17) is 4.74 Å². The van der Waals surface area contributed by atoms with E-state index < -0.39 is 0 Å². The third-order valence-electron chi connectivity index (χ3n) is 2.83. The maximum absolute atomic E-state index is 5.18. The maximum atomic E-state index is 5.18. The van der Waals surface area contributed by atoms with Crippen molar-refractivity contribution in [2.24, 2.45) is 0 Å². The van der Waals surface area contributed by atoms with Crippen LogP contribution in [0.4, 0.5) is 0 Å². The number of nitrogens with zero attached hydrogens (tertiary/aromatic N) is 3. The first-order valence-corrected chi connectivity index (χ1v) is 7.49. The summed E-state index contributed by atoms with van der Waals surface area (Å²) in [5, 5.41) is 9.53. The number of aromatic nitrogens is 3. The van der Waals surface area contributed by atoms with E-state index in [-0.39, 0.29) is 0 Å². The summed E-state index contributed by atoms with van der Waals surface area (Å²) in [5.41, 5.74) is 2.17. The monoisotopic (exact) mass is 289 g/mol. The van der Waals surface area contributed by atoms with Crippen LogP contribution >= 0.6 is 11.8 Å². The van der Waals surface area contributed by atoms with E-state index in [1.807, 2.05) is 31.2 Å². The molecule has 4 nitrogen and oxygen atoms in total. The molecule has 0 bridgehead atoms. The zero-order valence-electron chi connectivity index (χ0n) is 12.1. The highest BCUT2D eigenvalue weighted by atomic mass is 32.2. The average Bonchev–Trinajstić information content (AvgIpc) is 2.88. The first-order chi connectivity index (χ1) is 9.65. The molecule has 0 amide bonds. The molecule has 0 fully saturated rings. The van der Waals surface area contributed by atoms with Crippen LogP contribution in [-0.4, -0.2) is 27.6 Å². The van der Waals surface area contributed by atoms with Gasteiger partial charge in [0.1, 0.15) is 5.75 Å². The van der Waals surface area contributed by atoms with Crippen LogP contribution in [-0.2, 0) is 6.54 Å². The van der Waals surface area contributed by atoms with Gasteiger partial charge in [-0.05, 0) is 38.1 Å². The summed E-state index contributed by atoms with van der Waals surface area (Å²) >= 11 is 1.67. The summed E-state index contributed by atoms with van der Waals surface area (Å²) in [6.45, 7) is 8.87. The number of methoxy groups -OCH3 is 1. The molecule has 0 atom stereocenters. The highest BCUT2D eigenvalue weighted by molar-refractivity contribution is 7.99. The largest absolute Gasteiger partial charge is 0.497 e. The van der Waals surface area contributed by atoms with Crippen LogP contribution in [0.3, 0.4) is 0 Å². The van der Waals surface area contributed by atoms with E-state index in [0.717, 1.165) is 40.2 Å². The molecule has 0 aliphatic heterocycles. The minimum absolute atomic E-state index is 0.840. The highest BCUT2D eigenvalue weighted by Crippen LogP contribution is 2.26. The Hall–Kier alpha value is -1.75. The Labute approximate surface area is 123 Å². The Kier molecular flexibility index (Phi) is 4.84. The third kappa shape index (κ3) is 3.22. The zero-order valence-corrected chi connectivity index (χ0v) is 12.9. The normalized spacial score (nSPS) is 10.6. The van der Waals surface area contributed by atoms with Gasteiger partial charge in [0, 0.05) is 17.9 Å². The molecule has 0 aliphatic rings. The lowest BCUT2D eigenvalue weighted by molar-refractivity contribution is 0.415. The lowest BCUT2D eigenvalue weighted by atomic mass is 10.2. The van der Waals surface area contributed by atoms with Gasteiger partial charge in [-0.2, -0.15) is 0 Å². The Morgan fingerprint density at radius 3 is 2.55 bits per heavy atom. The van der Waals surface area contributed by atoms with Crippen LogP contribution in [0.15, 0.2) is 41.6 Å². The Balaban J connectivity index is 2.28. The highest BCUT2D eigenvalue weighted by Gasteiger charge is 2.13. The average molecular weight is 289 g/mol. The van der Waals surface area contributed by atoms with Gasteiger partial charge < -0.3 is 9.30 Å². The molecule has 1 heterocycles. The van der Waals surface area contributed by atoms with E-state index in [9.17, 15) is 0 Å². The van der Waals surface area contributed by atoms with Crippen molar-refractivity contribution in [2.75, 3.05) is 12.9 Å². The summed E-state index contributed by atoms with van der Waals surface area (Å²) in [4.78, 5) is 0. The molecule has 0 radical (unpaired) electrons. The molecule has 0 saturated heterocycles. The maximum Gasteiger partial charge on any atom is 0.191 e. The van der Waals surface area contributed by atoms with Gasteiger partial charge in [-0.3, -0.25) is 0 Å². The fraction of sp³-hybridized carbons (Fsp3) is 0.333.